The van der Waals surface area contributed by atoms with Gasteiger partial charge >= 0.3 is 5.76 Å². The lowest BCUT2D eigenvalue weighted by molar-refractivity contribution is 0.527. The van der Waals surface area contributed by atoms with E-state index in [0.29, 0.717) is 11.1 Å². The van der Waals surface area contributed by atoms with Gasteiger partial charge in [-0.25, -0.2) is 4.79 Å². The van der Waals surface area contributed by atoms with Crippen molar-refractivity contribution < 1.29 is 8.83 Å². The lowest BCUT2D eigenvalue weighted by Crippen LogP contribution is -2.16. The van der Waals surface area contributed by atoms with E-state index < -0.39 is 5.76 Å². The first kappa shape index (κ1) is 11.8. The van der Waals surface area contributed by atoms with Crippen LogP contribution < -0.4 is 11.1 Å². The summed E-state index contributed by atoms with van der Waals surface area (Å²) in [5.41, 5.74) is 3.31. The van der Waals surface area contributed by atoms with Gasteiger partial charge in [0.15, 0.2) is 5.58 Å². The number of fused-ring (bicyclic) bond motifs is 1. The molecule has 0 aliphatic carbocycles. The number of hydrogen-bond acceptors (Lipinski definition) is 4. The molecular formula is C14H14N2O3. The summed E-state index contributed by atoms with van der Waals surface area (Å²) in [6, 6.07) is 7.64. The van der Waals surface area contributed by atoms with Gasteiger partial charge in [0, 0.05) is 5.56 Å². The fraction of sp³-hybridized carbons (Fsp3) is 0.214. The standard InChI is InChI=1S/C14H14N2O3/c1-8-5-10(7-18-8)13(15-2)9-3-4-11-12(6-9)19-14(17)16-11/h3-7,13,15H,1-2H3,(H,16,17). The van der Waals surface area contributed by atoms with Crippen LogP contribution in [0.25, 0.3) is 11.1 Å². The SMILES string of the molecule is CNC(c1coc(C)c1)c1ccc2[nH]c(=O)oc2c1. The van der Waals surface area contributed by atoms with Crippen LogP contribution in [0.3, 0.4) is 0 Å². The van der Waals surface area contributed by atoms with Crippen molar-refractivity contribution in [2.24, 2.45) is 0 Å². The number of aromatic amines is 1. The van der Waals surface area contributed by atoms with Gasteiger partial charge in [-0.3, -0.25) is 4.98 Å². The summed E-state index contributed by atoms with van der Waals surface area (Å²) in [5, 5.41) is 3.23. The van der Waals surface area contributed by atoms with Crippen LogP contribution >= 0.6 is 0 Å². The van der Waals surface area contributed by atoms with Crippen molar-refractivity contribution in [2.75, 3.05) is 7.05 Å². The first-order valence-corrected chi connectivity index (χ1v) is 6.02. The Kier molecular flexibility index (Phi) is 2.76. The van der Waals surface area contributed by atoms with Crippen molar-refractivity contribution in [1.29, 1.82) is 0 Å². The number of aryl methyl sites for hydroxylation is 1. The van der Waals surface area contributed by atoms with E-state index in [1.807, 2.05) is 38.2 Å². The molecule has 2 heterocycles. The number of oxazole rings is 1. The Hall–Kier alpha value is -2.27. The predicted molar refractivity (Wildman–Crippen MR) is 71.2 cm³/mol. The molecule has 1 aromatic carbocycles. The molecule has 3 rings (SSSR count). The van der Waals surface area contributed by atoms with Crippen molar-refractivity contribution in [3.05, 3.63) is 58.0 Å². The van der Waals surface area contributed by atoms with Crippen LogP contribution in [0.15, 0.2) is 44.2 Å². The summed E-state index contributed by atoms with van der Waals surface area (Å²) in [6.07, 6.45) is 1.73. The Labute approximate surface area is 109 Å². The van der Waals surface area contributed by atoms with Gasteiger partial charge in [0.1, 0.15) is 5.76 Å². The fourth-order valence-electron chi connectivity index (χ4n) is 2.28. The van der Waals surface area contributed by atoms with E-state index in [0.717, 1.165) is 16.9 Å². The zero-order chi connectivity index (χ0) is 13.4. The molecule has 98 valence electrons. The van der Waals surface area contributed by atoms with Crippen molar-refractivity contribution in [1.82, 2.24) is 10.3 Å². The second-order valence-electron chi connectivity index (χ2n) is 4.48. The number of aromatic nitrogens is 1. The lowest BCUT2D eigenvalue weighted by Gasteiger charge is -2.14. The molecule has 0 fully saturated rings. The molecule has 0 aliphatic rings. The molecule has 2 aromatic heterocycles. The number of hydrogen-bond donors (Lipinski definition) is 2. The average molecular weight is 258 g/mol. The highest BCUT2D eigenvalue weighted by Crippen LogP contribution is 2.25. The smallest absolute Gasteiger partial charge is 0.417 e. The summed E-state index contributed by atoms with van der Waals surface area (Å²) < 4.78 is 10.4. The first-order valence-electron chi connectivity index (χ1n) is 6.02. The molecule has 2 N–H and O–H groups in total. The molecule has 5 heteroatoms. The Morgan fingerprint density at radius 2 is 2.11 bits per heavy atom. The largest absolute Gasteiger partial charge is 0.469 e. The van der Waals surface area contributed by atoms with Crippen LogP contribution in [0.5, 0.6) is 0 Å². The molecule has 0 spiro atoms. The molecule has 0 bridgehead atoms. The van der Waals surface area contributed by atoms with E-state index in [2.05, 4.69) is 10.3 Å². The maximum atomic E-state index is 11.2. The van der Waals surface area contributed by atoms with E-state index in [1.54, 1.807) is 6.26 Å². The molecular weight excluding hydrogens is 244 g/mol. The highest BCUT2D eigenvalue weighted by Gasteiger charge is 2.15. The van der Waals surface area contributed by atoms with Gasteiger partial charge in [-0.05, 0) is 37.7 Å². The van der Waals surface area contributed by atoms with Crippen molar-refractivity contribution in [2.45, 2.75) is 13.0 Å². The molecule has 0 saturated heterocycles. The maximum absolute atomic E-state index is 11.2. The quantitative estimate of drug-likeness (QED) is 0.756. The van der Waals surface area contributed by atoms with E-state index >= 15 is 0 Å². The number of nitrogens with one attached hydrogen (secondary N) is 2. The summed E-state index contributed by atoms with van der Waals surface area (Å²) in [4.78, 5) is 13.8. The van der Waals surface area contributed by atoms with E-state index in [4.69, 9.17) is 8.83 Å². The van der Waals surface area contributed by atoms with Gasteiger partial charge in [0.2, 0.25) is 0 Å². The molecule has 0 amide bonds. The highest BCUT2D eigenvalue weighted by molar-refractivity contribution is 5.73. The van der Waals surface area contributed by atoms with Crippen LogP contribution in [-0.4, -0.2) is 12.0 Å². The van der Waals surface area contributed by atoms with E-state index in [-0.39, 0.29) is 6.04 Å². The Balaban J connectivity index is 2.07. The number of furan rings is 1. The second kappa shape index (κ2) is 4.44. The minimum atomic E-state index is -0.438. The first-order chi connectivity index (χ1) is 9.17. The van der Waals surface area contributed by atoms with E-state index in [9.17, 15) is 4.79 Å². The van der Waals surface area contributed by atoms with Crippen molar-refractivity contribution in [3.8, 4) is 0 Å². The van der Waals surface area contributed by atoms with Gasteiger partial charge < -0.3 is 14.2 Å². The van der Waals surface area contributed by atoms with Crippen molar-refractivity contribution in [3.63, 3.8) is 0 Å². The lowest BCUT2D eigenvalue weighted by atomic mass is 10.0. The molecule has 1 atom stereocenters. The highest BCUT2D eigenvalue weighted by atomic mass is 16.4. The summed E-state index contributed by atoms with van der Waals surface area (Å²) in [7, 11) is 1.88. The normalized spacial score (nSPS) is 12.9. The molecule has 0 saturated carbocycles. The molecule has 0 aliphatic heterocycles. The van der Waals surface area contributed by atoms with Crippen LogP contribution in [0, 0.1) is 6.92 Å². The predicted octanol–water partition coefficient (Wildman–Crippen LogP) is 2.33. The number of rotatable bonds is 3. The summed E-state index contributed by atoms with van der Waals surface area (Å²) in [5.74, 6) is 0.428. The Morgan fingerprint density at radius 3 is 2.79 bits per heavy atom. The minimum absolute atomic E-state index is 0.00190. The van der Waals surface area contributed by atoms with E-state index in [1.165, 1.54) is 0 Å². The number of H-pyrrole nitrogens is 1. The van der Waals surface area contributed by atoms with Gasteiger partial charge in [-0.1, -0.05) is 6.07 Å². The summed E-state index contributed by atoms with van der Waals surface area (Å²) >= 11 is 0. The third-order valence-corrected chi connectivity index (χ3v) is 3.15. The molecule has 0 radical (unpaired) electrons. The minimum Gasteiger partial charge on any atom is -0.469 e. The zero-order valence-corrected chi connectivity index (χ0v) is 10.7. The van der Waals surface area contributed by atoms with Crippen LogP contribution in [0.2, 0.25) is 0 Å². The monoisotopic (exact) mass is 258 g/mol. The molecule has 19 heavy (non-hydrogen) atoms. The maximum Gasteiger partial charge on any atom is 0.417 e. The van der Waals surface area contributed by atoms with Gasteiger partial charge in [0.25, 0.3) is 0 Å². The average Bonchev–Trinajstić information content (AvgIpc) is 2.95. The molecule has 3 aromatic rings. The van der Waals surface area contributed by atoms with Crippen LogP contribution in [-0.2, 0) is 0 Å². The zero-order valence-electron chi connectivity index (χ0n) is 10.7. The van der Waals surface area contributed by atoms with Gasteiger partial charge in [-0.2, -0.15) is 0 Å². The van der Waals surface area contributed by atoms with Crippen LogP contribution in [0.1, 0.15) is 22.9 Å². The Morgan fingerprint density at radius 1 is 1.26 bits per heavy atom. The van der Waals surface area contributed by atoms with Crippen molar-refractivity contribution >= 4 is 11.1 Å². The van der Waals surface area contributed by atoms with Crippen LogP contribution in [0.4, 0.5) is 0 Å². The number of benzene rings is 1. The summed E-state index contributed by atoms with van der Waals surface area (Å²) in [6.45, 7) is 1.91. The third kappa shape index (κ3) is 2.08. The van der Waals surface area contributed by atoms with Gasteiger partial charge in [0.05, 0.1) is 17.8 Å². The second-order valence-corrected chi connectivity index (χ2v) is 4.48. The fourth-order valence-corrected chi connectivity index (χ4v) is 2.28. The third-order valence-electron chi connectivity index (χ3n) is 3.15. The topological polar surface area (TPSA) is 71.2 Å². The molecule has 1 unspecified atom stereocenters. The van der Waals surface area contributed by atoms with Gasteiger partial charge in [-0.15, -0.1) is 0 Å². The Bertz CT molecular complexity index is 766. The molecule has 5 nitrogen and oxygen atoms in total.